The second kappa shape index (κ2) is 5.40. The lowest BCUT2D eigenvalue weighted by Crippen LogP contribution is -2.46. The number of carbonyl (C=O) groups is 1. The first-order chi connectivity index (χ1) is 11.8. The number of para-hydroxylation sites is 1. The number of rotatable bonds is 3. The molecule has 0 radical (unpaired) electrons. The third-order valence-corrected chi connectivity index (χ3v) is 6.00. The van der Waals surface area contributed by atoms with Crippen LogP contribution in [0.4, 0.5) is 0 Å². The Balaban J connectivity index is 1.29. The van der Waals surface area contributed by atoms with E-state index in [9.17, 15) is 4.79 Å². The third kappa shape index (κ3) is 2.32. The number of benzene rings is 1. The number of hydrogen-bond donors (Lipinski definition) is 1. The first-order valence-corrected chi connectivity index (χ1v) is 8.91. The predicted molar refractivity (Wildman–Crippen MR) is 90.2 cm³/mol. The topological polar surface area (TPSA) is 72.2 Å². The van der Waals surface area contributed by atoms with Gasteiger partial charge in [-0.05, 0) is 67.9 Å². The molecule has 6 rings (SSSR count). The van der Waals surface area contributed by atoms with Crippen molar-refractivity contribution in [1.82, 2.24) is 20.4 Å². The van der Waals surface area contributed by atoms with Gasteiger partial charge >= 0.3 is 0 Å². The van der Waals surface area contributed by atoms with Gasteiger partial charge in [0.25, 0.3) is 5.91 Å². The molecular weight excluding hydrogens is 302 g/mol. The maximum absolute atomic E-state index is 12.3. The van der Waals surface area contributed by atoms with Crippen LogP contribution in [0.15, 0.2) is 29.4 Å². The van der Waals surface area contributed by atoms with Crippen LogP contribution in [0.25, 0.3) is 11.0 Å². The van der Waals surface area contributed by atoms with Crippen molar-refractivity contribution in [3.8, 4) is 0 Å². The molecule has 4 bridgehead atoms. The van der Waals surface area contributed by atoms with Gasteiger partial charge in [-0.1, -0.05) is 17.3 Å². The first-order valence-electron chi connectivity index (χ1n) is 8.91. The first kappa shape index (κ1) is 14.1. The fourth-order valence-electron chi connectivity index (χ4n) is 5.18. The van der Waals surface area contributed by atoms with Gasteiger partial charge in [0.2, 0.25) is 0 Å². The molecule has 24 heavy (non-hydrogen) atoms. The molecule has 0 aliphatic heterocycles. The molecule has 4 aliphatic carbocycles. The Hall–Kier alpha value is -2.24. The third-order valence-electron chi connectivity index (χ3n) is 6.00. The number of hydrogen-bond acceptors (Lipinski definition) is 4. The molecule has 2 aromatic rings. The Kier molecular flexibility index (Phi) is 3.18. The van der Waals surface area contributed by atoms with Gasteiger partial charge < -0.3 is 0 Å². The minimum atomic E-state index is -0.132. The summed E-state index contributed by atoms with van der Waals surface area (Å²) in [4.78, 5) is 12.3. The molecule has 6 heteroatoms. The highest BCUT2D eigenvalue weighted by molar-refractivity contribution is 5.92. The van der Waals surface area contributed by atoms with Crippen LogP contribution in [-0.4, -0.2) is 26.6 Å². The minimum absolute atomic E-state index is 0.132. The van der Waals surface area contributed by atoms with E-state index in [1.54, 1.807) is 4.68 Å². The zero-order chi connectivity index (χ0) is 16.1. The van der Waals surface area contributed by atoms with Crippen LogP contribution in [0.3, 0.4) is 0 Å². The minimum Gasteiger partial charge on any atom is -0.271 e. The number of nitrogens with one attached hydrogen (secondary N) is 1. The van der Waals surface area contributed by atoms with Crippen molar-refractivity contribution < 1.29 is 4.79 Å². The highest BCUT2D eigenvalue weighted by Gasteiger charge is 2.46. The normalized spacial score (nSPS) is 30.8. The van der Waals surface area contributed by atoms with Gasteiger partial charge in [0.1, 0.15) is 12.1 Å². The summed E-state index contributed by atoms with van der Waals surface area (Å²) in [5.41, 5.74) is 5.70. The summed E-state index contributed by atoms with van der Waals surface area (Å²) in [7, 11) is 0. The Morgan fingerprint density at radius 1 is 1.12 bits per heavy atom. The van der Waals surface area contributed by atoms with Crippen molar-refractivity contribution in [2.75, 3.05) is 0 Å². The predicted octanol–water partition coefficient (Wildman–Crippen LogP) is 2.36. The second-order valence-corrected chi connectivity index (χ2v) is 7.61. The number of fused-ring (bicyclic) bond motifs is 1. The monoisotopic (exact) mass is 323 g/mol. The molecule has 0 atom stereocenters. The summed E-state index contributed by atoms with van der Waals surface area (Å²) in [5, 5.41) is 12.7. The molecule has 124 valence electrons. The van der Waals surface area contributed by atoms with Crippen LogP contribution in [-0.2, 0) is 11.3 Å². The van der Waals surface area contributed by atoms with E-state index >= 15 is 0 Å². The molecule has 4 aliphatic rings. The zero-order valence-electron chi connectivity index (χ0n) is 13.6. The quantitative estimate of drug-likeness (QED) is 0.881. The van der Waals surface area contributed by atoms with E-state index in [0.717, 1.165) is 22.9 Å². The number of amides is 1. The Labute approximate surface area is 140 Å². The molecule has 1 heterocycles. The lowest BCUT2D eigenvalue weighted by Gasteiger charge is -2.50. The van der Waals surface area contributed by atoms with E-state index in [2.05, 4.69) is 20.8 Å². The molecular formula is C18H21N5O. The lowest BCUT2D eigenvalue weighted by molar-refractivity contribution is -0.121. The van der Waals surface area contributed by atoms with E-state index in [4.69, 9.17) is 0 Å². The number of aromatic nitrogens is 3. The Morgan fingerprint density at radius 3 is 2.58 bits per heavy atom. The highest BCUT2D eigenvalue weighted by atomic mass is 16.2. The van der Waals surface area contributed by atoms with Crippen molar-refractivity contribution in [3.63, 3.8) is 0 Å². The molecule has 4 saturated carbocycles. The van der Waals surface area contributed by atoms with Crippen LogP contribution in [0.1, 0.15) is 32.1 Å². The fourth-order valence-corrected chi connectivity index (χ4v) is 5.18. The SMILES string of the molecule is O=C(Cn1nnc2ccccc21)NN=C1C2CC3CC(C2)CC1C3. The smallest absolute Gasteiger partial charge is 0.261 e. The lowest BCUT2D eigenvalue weighted by atomic mass is 9.55. The maximum Gasteiger partial charge on any atom is 0.261 e. The molecule has 0 spiro atoms. The Morgan fingerprint density at radius 2 is 1.83 bits per heavy atom. The van der Waals surface area contributed by atoms with Crippen LogP contribution in [0.5, 0.6) is 0 Å². The van der Waals surface area contributed by atoms with Gasteiger partial charge in [0, 0.05) is 5.71 Å². The van der Waals surface area contributed by atoms with Crippen molar-refractivity contribution in [2.24, 2.45) is 28.8 Å². The van der Waals surface area contributed by atoms with Gasteiger partial charge in [-0.2, -0.15) is 5.10 Å². The Bertz CT molecular complexity index is 794. The fraction of sp³-hybridized carbons (Fsp3) is 0.556. The van der Waals surface area contributed by atoms with Crippen LogP contribution in [0.2, 0.25) is 0 Å². The summed E-state index contributed by atoms with van der Waals surface area (Å²) in [6, 6.07) is 7.66. The van der Waals surface area contributed by atoms with Crippen LogP contribution >= 0.6 is 0 Å². The molecule has 4 fully saturated rings. The molecule has 6 nitrogen and oxygen atoms in total. The number of carbonyl (C=O) groups excluding carboxylic acids is 1. The largest absolute Gasteiger partial charge is 0.271 e. The summed E-state index contributed by atoms with van der Waals surface area (Å²) in [6.45, 7) is 0.151. The molecule has 1 amide bonds. The molecule has 1 N–H and O–H groups in total. The highest BCUT2D eigenvalue weighted by Crippen LogP contribution is 2.52. The van der Waals surface area contributed by atoms with Gasteiger partial charge in [-0.3, -0.25) is 4.79 Å². The molecule has 0 saturated heterocycles. The van der Waals surface area contributed by atoms with Gasteiger partial charge in [-0.15, -0.1) is 5.10 Å². The average molecular weight is 323 g/mol. The van der Waals surface area contributed by atoms with E-state index < -0.39 is 0 Å². The van der Waals surface area contributed by atoms with Crippen molar-refractivity contribution in [1.29, 1.82) is 0 Å². The zero-order valence-corrected chi connectivity index (χ0v) is 13.6. The molecule has 1 aromatic heterocycles. The van der Waals surface area contributed by atoms with Crippen molar-refractivity contribution in [3.05, 3.63) is 24.3 Å². The summed E-state index contributed by atoms with van der Waals surface area (Å²) in [6.07, 6.45) is 6.52. The van der Waals surface area contributed by atoms with Crippen molar-refractivity contribution in [2.45, 2.75) is 38.6 Å². The summed E-state index contributed by atoms with van der Waals surface area (Å²) in [5.74, 6) is 2.89. The average Bonchev–Trinajstić information content (AvgIpc) is 2.97. The van der Waals surface area contributed by atoms with Crippen molar-refractivity contribution >= 4 is 22.7 Å². The van der Waals surface area contributed by atoms with E-state index in [0.29, 0.717) is 11.8 Å². The second-order valence-electron chi connectivity index (χ2n) is 7.61. The van der Waals surface area contributed by atoms with Gasteiger partial charge in [-0.25, -0.2) is 10.1 Å². The molecule has 1 aromatic carbocycles. The summed E-state index contributed by atoms with van der Waals surface area (Å²) >= 11 is 0. The van der Waals surface area contributed by atoms with E-state index in [1.807, 2.05) is 24.3 Å². The van der Waals surface area contributed by atoms with E-state index in [1.165, 1.54) is 37.8 Å². The maximum atomic E-state index is 12.3. The summed E-state index contributed by atoms with van der Waals surface area (Å²) < 4.78 is 1.63. The van der Waals surface area contributed by atoms with Crippen LogP contribution < -0.4 is 5.43 Å². The van der Waals surface area contributed by atoms with E-state index in [-0.39, 0.29) is 12.5 Å². The van der Waals surface area contributed by atoms with Crippen LogP contribution in [0, 0.1) is 23.7 Å². The standard InChI is InChI=1S/C18H21N5O/c24-17(10-23-16-4-2-1-3-15(16)19-22-23)20-21-18-13-6-11-5-12(8-13)9-14(18)7-11/h1-4,11-14H,5-10H2,(H,20,24). The van der Waals surface area contributed by atoms with Gasteiger partial charge in [0.15, 0.2) is 0 Å². The number of nitrogens with zero attached hydrogens (tertiary/aromatic N) is 4. The molecule has 0 unspecified atom stereocenters. The van der Waals surface area contributed by atoms with Gasteiger partial charge in [0.05, 0.1) is 5.52 Å². The number of hydrazone groups is 1.